The summed E-state index contributed by atoms with van der Waals surface area (Å²) in [5.74, 6) is -1.26. The van der Waals surface area contributed by atoms with Crippen molar-refractivity contribution in [1.82, 2.24) is 10.2 Å². The highest BCUT2D eigenvalue weighted by Gasteiger charge is 2.39. The number of nitrogens with zero attached hydrogens (tertiary/aromatic N) is 1. The zero-order valence-corrected chi connectivity index (χ0v) is 11.5. The lowest BCUT2D eigenvalue weighted by Crippen LogP contribution is -2.53. The molecule has 2 heterocycles. The van der Waals surface area contributed by atoms with Crippen molar-refractivity contribution in [3.05, 3.63) is 0 Å². The minimum Gasteiger partial charge on any atom is -0.481 e. The molecule has 2 N–H and O–H groups in total. The number of hydrogen-bond donors (Lipinski definition) is 2. The molecule has 6 nitrogen and oxygen atoms in total. The molecule has 19 heavy (non-hydrogen) atoms. The van der Waals surface area contributed by atoms with Crippen LogP contribution in [0.1, 0.15) is 26.7 Å². The van der Waals surface area contributed by atoms with E-state index in [-0.39, 0.29) is 17.5 Å². The first-order valence-electron chi connectivity index (χ1n) is 6.79. The zero-order chi connectivity index (χ0) is 14.0. The summed E-state index contributed by atoms with van der Waals surface area (Å²) in [6, 6.07) is -0.153. The van der Waals surface area contributed by atoms with E-state index in [1.807, 2.05) is 13.8 Å². The lowest BCUT2D eigenvalue weighted by Gasteiger charge is -2.35. The van der Waals surface area contributed by atoms with E-state index in [1.54, 1.807) is 4.90 Å². The second kappa shape index (κ2) is 5.36. The van der Waals surface area contributed by atoms with Crippen LogP contribution in [0, 0.1) is 11.8 Å². The maximum absolute atomic E-state index is 12.2. The van der Waals surface area contributed by atoms with Gasteiger partial charge in [0.05, 0.1) is 5.92 Å². The number of aliphatic carboxylic acids is 1. The zero-order valence-electron chi connectivity index (χ0n) is 11.5. The van der Waals surface area contributed by atoms with E-state index in [9.17, 15) is 9.59 Å². The third-order valence-electron chi connectivity index (χ3n) is 4.22. The molecule has 2 rings (SSSR count). The molecule has 108 valence electrons. The van der Waals surface area contributed by atoms with Crippen LogP contribution in [0.15, 0.2) is 0 Å². The molecule has 6 heteroatoms. The largest absolute Gasteiger partial charge is 0.481 e. The Bertz CT molecular complexity index is 366. The van der Waals surface area contributed by atoms with E-state index in [0.29, 0.717) is 26.3 Å². The van der Waals surface area contributed by atoms with Crippen LogP contribution in [-0.2, 0) is 9.53 Å². The first-order valence-corrected chi connectivity index (χ1v) is 6.79. The Kier molecular flexibility index (Phi) is 3.99. The van der Waals surface area contributed by atoms with Gasteiger partial charge in [-0.2, -0.15) is 0 Å². The topological polar surface area (TPSA) is 78.9 Å². The standard InChI is InChI=1S/C13H22N2O4/c1-9-7-15(8-10(9)11(16)17)12(18)14-13(2)3-5-19-6-4-13/h9-10H,3-8H2,1-2H3,(H,14,18)(H,16,17). The molecule has 0 aliphatic carbocycles. The van der Waals surface area contributed by atoms with Gasteiger partial charge < -0.3 is 20.1 Å². The van der Waals surface area contributed by atoms with Gasteiger partial charge in [-0.3, -0.25) is 4.79 Å². The first-order chi connectivity index (χ1) is 8.91. The number of carbonyl (C=O) groups is 2. The minimum atomic E-state index is -0.819. The van der Waals surface area contributed by atoms with Gasteiger partial charge in [-0.25, -0.2) is 4.79 Å². The third-order valence-corrected chi connectivity index (χ3v) is 4.22. The summed E-state index contributed by atoms with van der Waals surface area (Å²) in [4.78, 5) is 24.9. The molecule has 2 atom stereocenters. The number of carboxylic acid groups (broad SMARTS) is 1. The summed E-state index contributed by atoms with van der Waals surface area (Å²) < 4.78 is 5.29. The molecule has 0 saturated carbocycles. The van der Waals surface area contributed by atoms with Crippen molar-refractivity contribution in [1.29, 1.82) is 0 Å². The van der Waals surface area contributed by atoms with Crippen LogP contribution in [0.3, 0.4) is 0 Å². The molecule has 0 bridgehead atoms. The summed E-state index contributed by atoms with van der Waals surface area (Å²) in [6.07, 6.45) is 1.59. The van der Waals surface area contributed by atoms with Crippen LogP contribution in [0.25, 0.3) is 0 Å². The maximum Gasteiger partial charge on any atom is 0.317 e. The van der Waals surface area contributed by atoms with Gasteiger partial charge in [0.15, 0.2) is 0 Å². The number of carboxylic acids is 1. The van der Waals surface area contributed by atoms with E-state index < -0.39 is 11.9 Å². The van der Waals surface area contributed by atoms with Crippen LogP contribution >= 0.6 is 0 Å². The lowest BCUT2D eigenvalue weighted by molar-refractivity contribution is -0.142. The molecule has 0 aromatic carbocycles. The first kappa shape index (κ1) is 14.1. The van der Waals surface area contributed by atoms with Gasteiger partial charge in [-0.1, -0.05) is 6.92 Å². The molecule has 2 amide bonds. The average Bonchev–Trinajstić information content (AvgIpc) is 2.72. The van der Waals surface area contributed by atoms with Crippen molar-refractivity contribution in [3.8, 4) is 0 Å². The fraction of sp³-hybridized carbons (Fsp3) is 0.846. The summed E-state index contributed by atoms with van der Waals surface area (Å²) in [5.41, 5.74) is -0.236. The number of hydrogen-bond acceptors (Lipinski definition) is 3. The van der Waals surface area contributed by atoms with Gasteiger partial charge in [0, 0.05) is 31.8 Å². The summed E-state index contributed by atoms with van der Waals surface area (Å²) in [5, 5.41) is 12.1. The lowest BCUT2D eigenvalue weighted by atomic mass is 9.93. The van der Waals surface area contributed by atoms with E-state index in [1.165, 1.54) is 0 Å². The number of rotatable bonds is 2. The smallest absolute Gasteiger partial charge is 0.317 e. The SMILES string of the molecule is CC1CN(C(=O)NC2(C)CCOCC2)CC1C(=O)O. The summed E-state index contributed by atoms with van der Waals surface area (Å²) in [7, 11) is 0. The van der Waals surface area contributed by atoms with Gasteiger partial charge in [-0.05, 0) is 25.7 Å². The number of carbonyl (C=O) groups excluding carboxylic acids is 1. The van der Waals surface area contributed by atoms with Gasteiger partial charge in [0.25, 0.3) is 0 Å². The summed E-state index contributed by atoms with van der Waals surface area (Å²) in [6.45, 7) is 6.02. The van der Waals surface area contributed by atoms with Gasteiger partial charge >= 0.3 is 12.0 Å². The van der Waals surface area contributed by atoms with Crippen molar-refractivity contribution in [2.45, 2.75) is 32.2 Å². The van der Waals surface area contributed by atoms with E-state index in [2.05, 4.69) is 5.32 Å². The van der Waals surface area contributed by atoms with Crippen LogP contribution in [-0.4, -0.2) is 53.8 Å². The normalized spacial score (nSPS) is 30.1. The highest BCUT2D eigenvalue weighted by Crippen LogP contribution is 2.25. The molecule has 2 aliphatic heterocycles. The van der Waals surface area contributed by atoms with Crippen LogP contribution in [0.5, 0.6) is 0 Å². The van der Waals surface area contributed by atoms with Crippen LogP contribution in [0.4, 0.5) is 4.79 Å². The minimum absolute atomic E-state index is 0.00532. The van der Waals surface area contributed by atoms with Crippen LogP contribution in [0.2, 0.25) is 0 Å². The highest BCUT2D eigenvalue weighted by molar-refractivity contribution is 5.78. The average molecular weight is 270 g/mol. The van der Waals surface area contributed by atoms with Crippen molar-refractivity contribution in [2.75, 3.05) is 26.3 Å². The highest BCUT2D eigenvalue weighted by atomic mass is 16.5. The molecular formula is C13H22N2O4. The maximum atomic E-state index is 12.2. The Balaban J connectivity index is 1.92. The monoisotopic (exact) mass is 270 g/mol. The van der Waals surface area contributed by atoms with Gasteiger partial charge in [0.1, 0.15) is 0 Å². The molecular weight excluding hydrogens is 248 g/mol. The third kappa shape index (κ3) is 3.18. The number of likely N-dealkylation sites (tertiary alicyclic amines) is 1. The Morgan fingerprint density at radius 3 is 2.47 bits per heavy atom. The van der Waals surface area contributed by atoms with Gasteiger partial charge in [0.2, 0.25) is 0 Å². The Morgan fingerprint density at radius 2 is 1.95 bits per heavy atom. The molecule has 2 aliphatic rings. The Labute approximate surface area is 113 Å². The molecule has 2 unspecified atom stereocenters. The number of ether oxygens (including phenoxy) is 1. The quantitative estimate of drug-likeness (QED) is 0.782. The molecule has 0 aromatic heterocycles. The van der Waals surface area contributed by atoms with Crippen molar-refractivity contribution in [3.63, 3.8) is 0 Å². The predicted molar refractivity (Wildman–Crippen MR) is 68.9 cm³/mol. The predicted octanol–water partition coefficient (Wildman–Crippen LogP) is 0.918. The van der Waals surface area contributed by atoms with E-state index >= 15 is 0 Å². The molecule has 0 spiro atoms. The summed E-state index contributed by atoms with van der Waals surface area (Å²) >= 11 is 0. The van der Waals surface area contributed by atoms with Crippen molar-refractivity contribution < 1.29 is 19.4 Å². The second-order valence-corrected chi connectivity index (χ2v) is 5.93. The van der Waals surface area contributed by atoms with Gasteiger partial charge in [-0.15, -0.1) is 0 Å². The fourth-order valence-electron chi connectivity index (χ4n) is 2.74. The second-order valence-electron chi connectivity index (χ2n) is 5.93. The Hall–Kier alpha value is -1.30. The number of nitrogens with one attached hydrogen (secondary N) is 1. The fourth-order valence-corrected chi connectivity index (χ4v) is 2.74. The van der Waals surface area contributed by atoms with Crippen LogP contribution < -0.4 is 5.32 Å². The molecule has 0 aromatic rings. The van der Waals surface area contributed by atoms with Crippen molar-refractivity contribution in [2.24, 2.45) is 11.8 Å². The van der Waals surface area contributed by atoms with E-state index in [0.717, 1.165) is 12.8 Å². The van der Waals surface area contributed by atoms with Crippen molar-refractivity contribution >= 4 is 12.0 Å². The van der Waals surface area contributed by atoms with E-state index in [4.69, 9.17) is 9.84 Å². The number of amides is 2. The molecule has 0 radical (unpaired) electrons. The molecule has 2 fully saturated rings. The number of urea groups is 1. The molecule has 2 saturated heterocycles. The Morgan fingerprint density at radius 1 is 1.32 bits per heavy atom.